The van der Waals surface area contributed by atoms with Gasteiger partial charge in [0.05, 0.1) is 19.3 Å². The average molecular weight is 291 g/mol. The van der Waals surface area contributed by atoms with Gasteiger partial charge >= 0.3 is 0 Å². The van der Waals surface area contributed by atoms with Crippen molar-refractivity contribution >= 4 is 0 Å². The summed E-state index contributed by atoms with van der Waals surface area (Å²) in [5.41, 5.74) is 0.839. The fourth-order valence-corrected chi connectivity index (χ4v) is 2.39. The maximum Gasteiger partial charge on any atom is 0.158 e. The Balaban J connectivity index is 1.46. The first kappa shape index (κ1) is 14.2. The highest BCUT2D eigenvalue weighted by Crippen LogP contribution is 2.14. The number of aryl methyl sites for hydroxylation is 3. The molecule has 1 aliphatic heterocycles. The number of imidazole rings is 1. The second-order valence-electron chi connectivity index (χ2n) is 5.25. The molecule has 1 atom stereocenters. The van der Waals surface area contributed by atoms with E-state index in [1.807, 2.05) is 24.0 Å². The molecule has 1 saturated heterocycles. The molecule has 7 nitrogen and oxygen atoms in total. The van der Waals surface area contributed by atoms with E-state index in [9.17, 15) is 0 Å². The van der Waals surface area contributed by atoms with Crippen molar-refractivity contribution < 1.29 is 9.47 Å². The molecule has 0 radical (unpaired) electrons. The van der Waals surface area contributed by atoms with Crippen LogP contribution in [-0.2, 0) is 29.2 Å². The topological polar surface area (TPSA) is 67.0 Å². The van der Waals surface area contributed by atoms with Gasteiger partial charge < -0.3 is 14.0 Å². The molecule has 0 aliphatic carbocycles. The van der Waals surface area contributed by atoms with Crippen molar-refractivity contribution in [2.24, 2.45) is 0 Å². The Labute approximate surface area is 123 Å². The summed E-state index contributed by atoms with van der Waals surface area (Å²) in [6, 6.07) is 0. The van der Waals surface area contributed by atoms with E-state index < -0.39 is 0 Å². The lowest BCUT2D eigenvalue weighted by Gasteiger charge is -2.22. The van der Waals surface area contributed by atoms with E-state index in [2.05, 4.69) is 19.9 Å². The van der Waals surface area contributed by atoms with Gasteiger partial charge in [-0.3, -0.25) is 4.68 Å². The van der Waals surface area contributed by atoms with E-state index in [1.165, 1.54) is 6.42 Å². The monoisotopic (exact) mass is 291 g/mol. The second kappa shape index (κ2) is 6.82. The summed E-state index contributed by atoms with van der Waals surface area (Å²) in [6.45, 7) is 4.84. The molecule has 3 heterocycles. The number of hydrogen-bond donors (Lipinski definition) is 0. The van der Waals surface area contributed by atoms with Crippen molar-refractivity contribution in [2.75, 3.05) is 6.61 Å². The first-order chi connectivity index (χ1) is 10.3. The smallest absolute Gasteiger partial charge is 0.158 e. The molecule has 0 aromatic carbocycles. The van der Waals surface area contributed by atoms with E-state index in [-0.39, 0.29) is 6.29 Å². The fourth-order valence-electron chi connectivity index (χ4n) is 2.39. The minimum atomic E-state index is -0.0856. The molecule has 3 rings (SSSR count). The zero-order valence-corrected chi connectivity index (χ0v) is 12.3. The molecule has 1 aliphatic rings. The standard InChI is InChI=1S/C14H21N5O2/c1-12-15-5-6-18(12)7-8-19-10-13(16-17-19)11-21-14-4-2-3-9-20-14/h5-6,10,14H,2-4,7-9,11H2,1H3. The predicted molar refractivity (Wildman–Crippen MR) is 75.4 cm³/mol. The Morgan fingerprint density at radius 2 is 2.33 bits per heavy atom. The molecule has 0 amide bonds. The summed E-state index contributed by atoms with van der Waals surface area (Å²) in [4.78, 5) is 4.20. The van der Waals surface area contributed by atoms with Crippen LogP contribution in [0.15, 0.2) is 18.6 Å². The van der Waals surface area contributed by atoms with Crippen molar-refractivity contribution in [3.8, 4) is 0 Å². The van der Waals surface area contributed by atoms with Crippen LogP contribution in [0, 0.1) is 6.92 Å². The summed E-state index contributed by atoms with van der Waals surface area (Å²) < 4.78 is 15.2. The molecule has 0 N–H and O–H groups in total. The lowest BCUT2D eigenvalue weighted by molar-refractivity contribution is -0.169. The van der Waals surface area contributed by atoms with Crippen molar-refractivity contribution in [3.63, 3.8) is 0 Å². The summed E-state index contributed by atoms with van der Waals surface area (Å²) in [5.74, 6) is 1.01. The fraction of sp³-hybridized carbons (Fsp3) is 0.643. The number of ether oxygens (including phenoxy) is 2. The van der Waals surface area contributed by atoms with Gasteiger partial charge in [0, 0.05) is 25.5 Å². The maximum absolute atomic E-state index is 5.70. The third kappa shape index (κ3) is 3.89. The first-order valence-corrected chi connectivity index (χ1v) is 7.41. The van der Waals surface area contributed by atoms with E-state index >= 15 is 0 Å². The van der Waals surface area contributed by atoms with Crippen molar-refractivity contribution in [2.45, 2.75) is 52.2 Å². The molecule has 2 aromatic rings. The van der Waals surface area contributed by atoms with Gasteiger partial charge in [-0.25, -0.2) is 4.98 Å². The van der Waals surface area contributed by atoms with Crippen LogP contribution in [0.1, 0.15) is 30.8 Å². The number of aromatic nitrogens is 5. The minimum absolute atomic E-state index is 0.0856. The minimum Gasteiger partial charge on any atom is -0.353 e. The van der Waals surface area contributed by atoms with Crippen LogP contribution in [-0.4, -0.2) is 37.4 Å². The second-order valence-corrected chi connectivity index (χ2v) is 5.25. The highest BCUT2D eigenvalue weighted by molar-refractivity contribution is 4.91. The number of nitrogens with zero attached hydrogens (tertiary/aromatic N) is 5. The molecule has 114 valence electrons. The Bertz CT molecular complexity index is 559. The molecule has 0 spiro atoms. The molecule has 21 heavy (non-hydrogen) atoms. The van der Waals surface area contributed by atoms with E-state index in [0.29, 0.717) is 6.61 Å². The number of hydrogen-bond acceptors (Lipinski definition) is 5. The lowest BCUT2D eigenvalue weighted by Crippen LogP contribution is -2.22. The first-order valence-electron chi connectivity index (χ1n) is 7.41. The van der Waals surface area contributed by atoms with Crippen LogP contribution < -0.4 is 0 Å². The van der Waals surface area contributed by atoms with E-state index in [4.69, 9.17) is 9.47 Å². The van der Waals surface area contributed by atoms with Gasteiger partial charge in [0.1, 0.15) is 11.5 Å². The van der Waals surface area contributed by atoms with E-state index in [0.717, 1.165) is 44.1 Å². The molecule has 1 fully saturated rings. The summed E-state index contributed by atoms with van der Waals surface area (Å²) in [5, 5.41) is 8.25. The van der Waals surface area contributed by atoms with Crippen LogP contribution >= 0.6 is 0 Å². The largest absolute Gasteiger partial charge is 0.353 e. The third-order valence-corrected chi connectivity index (χ3v) is 3.63. The average Bonchev–Trinajstić information content (AvgIpc) is 3.13. The normalized spacial score (nSPS) is 19.0. The Morgan fingerprint density at radius 3 is 3.10 bits per heavy atom. The van der Waals surface area contributed by atoms with Crippen LogP contribution in [0.4, 0.5) is 0 Å². The van der Waals surface area contributed by atoms with Crippen LogP contribution in [0.25, 0.3) is 0 Å². The zero-order chi connectivity index (χ0) is 14.5. The Hall–Kier alpha value is -1.73. The lowest BCUT2D eigenvalue weighted by atomic mass is 10.2. The summed E-state index contributed by atoms with van der Waals surface area (Å²) in [7, 11) is 0. The zero-order valence-electron chi connectivity index (χ0n) is 12.3. The van der Waals surface area contributed by atoms with Gasteiger partial charge in [0.2, 0.25) is 0 Å². The van der Waals surface area contributed by atoms with Crippen LogP contribution in [0.3, 0.4) is 0 Å². The Morgan fingerprint density at radius 1 is 1.38 bits per heavy atom. The van der Waals surface area contributed by atoms with E-state index in [1.54, 1.807) is 6.20 Å². The number of rotatable bonds is 6. The highest BCUT2D eigenvalue weighted by Gasteiger charge is 2.14. The van der Waals surface area contributed by atoms with Crippen LogP contribution in [0.5, 0.6) is 0 Å². The quantitative estimate of drug-likeness (QED) is 0.807. The molecule has 0 saturated carbocycles. The van der Waals surface area contributed by atoms with Gasteiger partial charge in [0.25, 0.3) is 0 Å². The van der Waals surface area contributed by atoms with Gasteiger partial charge in [-0.2, -0.15) is 0 Å². The third-order valence-electron chi connectivity index (χ3n) is 3.63. The van der Waals surface area contributed by atoms with Gasteiger partial charge in [-0.05, 0) is 26.2 Å². The predicted octanol–water partition coefficient (Wildman–Crippen LogP) is 1.53. The maximum atomic E-state index is 5.70. The van der Waals surface area contributed by atoms with Crippen molar-refractivity contribution in [1.82, 2.24) is 24.5 Å². The van der Waals surface area contributed by atoms with Crippen molar-refractivity contribution in [3.05, 3.63) is 30.1 Å². The molecular formula is C14H21N5O2. The molecular weight excluding hydrogens is 270 g/mol. The molecule has 2 aromatic heterocycles. The SMILES string of the molecule is Cc1nccn1CCn1cc(COC2CCCCO2)nn1. The molecule has 7 heteroatoms. The van der Waals surface area contributed by atoms with Gasteiger partial charge in [-0.1, -0.05) is 5.21 Å². The summed E-state index contributed by atoms with van der Waals surface area (Å²) >= 11 is 0. The highest BCUT2D eigenvalue weighted by atomic mass is 16.7. The van der Waals surface area contributed by atoms with Crippen LogP contribution in [0.2, 0.25) is 0 Å². The Kier molecular flexibility index (Phi) is 4.62. The van der Waals surface area contributed by atoms with Crippen molar-refractivity contribution in [1.29, 1.82) is 0 Å². The summed E-state index contributed by atoms with van der Waals surface area (Å²) in [6.07, 6.45) is 8.88. The van der Waals surface area contributed by atoms with Gasteiger partial charge in [-0.15, -0.1) is 5.10 Å². The molecule has 1 unspecified atom stereocenters. The molecule has 0 bridgehead atoms. The van der Waals surface area contributed by atoms with Gasteiger partial charge in [0.15, 0.2) is 6.29 Å².